The first-order chi connectivity index (χ1) is 16.3. The minimum Gasteiger partial charge on any atom is -0.326 e. The minimum atomic E-state index is -0.611. The molecule has 0 aliphatic heterocycles. The zero-order valence-electron chi connectivity index (χ0n) is 17.0. The van der Waals surface area contributed by atoms with Gasteiger partial charge in [-0.1, -0.05) is 35.1 Å². The molecule has 0 aliphatic rings. The Balaban J connectivity index is 1.58. The number of nitro groups is 1. The van der Waals surface area contributed by atoms with Crippen LogP contribution in [0.2, 0.25) is 5.02 Å². The van der Waals surface area contributed by atoms with Crippen molar-refractivity contribution in [2.45, 2.75) is 0 Å². The Bertz CT molecular complexity index is 1490. The Morgan fingerprint density at radius 3 is 2.38 bits per heavy atom. The molecule has 4 aromatic rings. The lowest BCUT2D eigenvalue weighted by Crippen LogP contribution is -2.16. The summed E-state index contributed by atoms with van der Waals surface area (Å²) in [5.74, 6) is -0.356. The van der Waals surface area contributed by atoms with E-state index in [1.54, 1.807) is 48.5 Å². The van der Waals surface area contributed by atoms with Crippen LogP contribution in [0.5, 0.6) is 0 Å². The third-order valence-electron chi connectivity index (χ3n) is 4.55. The average Bonchev–Trinajstić information content (AvgIpc) is 3.32. The first-order valence-electron chi connectivity index (χ1n) is 9.57. The van der Waals surface area contributed by atoms with Gasteiger partial charge < -0.3 is 10.6 Å². The summed E-state index contributed by atoms with van der Waals surface area (Å²) in [5, 5.41) is 26.3. The number of aromatic nitrogens is 2. The van der Waals surface area contributed by atoms with E-state index in [1.807, 2.05) is 6.07 Å². The van der Waals surface area contributed by atoms with E-state index >= 15 is 0 Å². The lowest BCUT2D eigenvalue weighted by Gasteiger charge is -2.10. The molecule has 34 heavy (non-hydrogen) atoms. The zero-order chi connectivity index (χ0) is 24.2. The van der Waals surface area contributed by atoms with Crippen molar-refractivity contribution < 1.29 is 9.72 Å². The third kappa shape index (κ3) is 4.93. The van der Waals surface area contributed by atoms with Crippen molar-refractivity contribution in [2.24, 2.45) is 0 Å². The summed E-state index contributed by atoms with van der Waals surface area (Å²) in [6, 6.07) is 17.6. The molecule has 0 bridgehead atoms. The Hall–Kier alpha value is -4.53. The molecule has 12 heteroatoms. The lowest BCUT2D eigenvalue weighted by molar-refractivity contribution is -0.380. The molecule has 0 saturated heterocycles. The summed E-state index contributed by atoms with van der Waals surface area (Å²) in [6.45, 7) is 0. The number of carbonyl (C=O) groups excluding carboxylic acids is 1. The Kier molecular flexibility index (Phi) is 6.35. The molecule has 0 aliphatic carbocycles. The van der Waals surface area contributed by atoms with E-state index < -0.39 is 16.4 Å². The van der Waals surface area contributed by atoms with Gasteiger partial charge in [-0.05, 0) is 42.5 Å². The van der Waals surface area contributed by atoms with Gasteiger partial charge in [0, 0.05) is 28.0 Å². The van der Waals surface area contributed by atoms with Gasteiger partial charge in [-0.2, -0.15) is 5.26 Å². The normalized spacial score (nSPS) is 10.4. The van der Waals surface area contributed by atoms with Gasteiger partial charge in [0.1, 0.15) is 11.6 Å². The smallest absolute Gasteiger partial charge is 0.324 e. The molecular weight excluding hydrogens is 480 g/mol. The summed E-state index contributed by atoms with van der Waals surface area (Å²) in [5.41, 5.74) is 0.925. The van der Waals surface area contributed by atoms with E-state index in [0.717, 1.165) is 11.3 Å². The number of carbonyl (C=O) groups is 1. The third-order valence-corrected chi connectivity index (χ3v) is 5.84. The number of amides is 1. The summed E-state index contributed by atoms with van der Waals surface area (Å²) < 4.78 is 0. The molecule has 1 amide bonds. The van der Waals surface area contributed by atoms with Crippen LogP contribution in [-0.2, 0) is 0 Å². The van der Waals surface area contributed by atoms with Crippen LogP contribution in [0.3, 0.4) is 0 Å². The average molecular weight is 493 g/mol. The molecule has 2 aromatic carbocycles. The summed E-state index contributed by atoms with van der Waals surface area (Å²) in [6.07, 6.45) is 0. The first-order valence-corrected chi connectivity index (χ1v) is 10.8. The summed E-state index contributed by atoms with van der Waals surface area (Å²) in [4.78, 5) is 42.1. The molecule has 0 unspecified atom stereocenters. The number of hydrogen-bond donors (Lipinski definition) is 3. The molecule has 2 heterocycles. The topological polar surface area (TPSA) is 154 Å². The molecule has 0 radical (unpaired) electrons. The van der Waals surface area contributed by atoms with Crippen LogP contribution in [0.4, 0.5) is 22.3 Å². The Morgan fingerprint density at radius 1 is 1.09 bits per heavy atom. The molecule has 0 atom stereocenters. The van der Waals surface area contributed by atoms with Gasteiger partial charge in [0.15, 0.2) is 0 Å². The summed E-state index contributed by atoms with van der Waals surface area (Å²) >= 11 is 6.66. The number of hydrogen-bond acceptors (Lipinski definition) is 8. The molecule has 2 aromatic heterocycles. The number of H-pyrrole nitrogens is 1. The molecule has 10 nitrogen and oxygen atoms in total. The monoisotopic (exact) mass is 492 g/mol. The van der Waals surface area contributed by atoms with Crippen LogP contribution >= 0.6 is 22.9 Å². The van der Waals surface area contributed by atoms with Crippen molar-refractivity contribution in [2.75, 3.05) is 10.6 Å². The second kappa shape index (κ2) is 9.53. The number of anilines is 3. The van der Waals surface area contributed by atoms with Crippen LogP contribution in [0.1, 0.15) is 15.2 Å². The van der Waals surface area contributed by atoms with Gasteiger partial charge in [-0.25, -0.2) is 4.98 Å². The van der Waals surface area contributed by atoms with Crippen molar-refractivity contribution in [3.8, 4) is 17.3 Å². The number of nitriles is 1. The molecular formula is C22H13ClN6O4S. The van der Waals surface area contributed by atoms with E-state index in [1.165, 1.54) is 12.1 Å². The fourth-order valence-corrected chi connectivity index (χ4v) is 3.81. The van der Waals surface area contributed by atoms with Gasteiger partial charge in [0.25, 0.3) is 11.5 Å². The zero-order valence-corrected chi connectivity index (χ0v) is 18.6. The predicted molar refractivity (Wildman–Crippen MR) is 129 cm³/mol. The predicted octanol–water partition coefficient (Wildman–Crippen LogP) is 4.93. The molecule has 168 valence electrons. The van der Waals surface area contributed by atoms with E-state index in [4.69, 9.17) is 11.6 Å². The number of thiophene rings is 1. The first kappa shape index (κ1) is 22.7. The maximum Gasteiger partial charge on any atom is 0.324 e. The van der Waals surface area contributed by atoms with Gasteiger partial charge in [0.2, 0.25) is 5.95 Å². The Morgan fingerprint density at radius 2 is 1.76 bits per heavy atom. The Labute approximate surface area is 200 Å². The van der Waals surface area contributed by atoms with Gasteiger partial charge in [-0.3, -0.25) is 24.7 Å². The van der Waals surface area contributed by atoms with E-state index in [0.29, 0.717) is 22.0 Å². The van der Waals surface area contributed by atoms with Crippen molar-refractivity contribution in [3.63, 3.8) is 0 Å². The molecule has 0 fully saturated rings. The van der Waals surface area contributed by atoms with Crippen molar-refractivity contribution in [1.82, 2.24) is 9.97 Å². The molecule has 4 rings (SSSR count). The van der Waals surface area contributed by atoms with E-state index in [2.05, 4.69) is 20.6 Å². The summed E-state index contributed by atoms with van der Waals surface area (Å²) in [7, 11) is 0. The SMILES string of the molecule is N#Cc1c(-c2ccc(NC(=O)c3ccc([N+](=O)[O-])s3)cc2)nc(Nc2ccc(Cl)cc2)[nH]c1=O. The van der Waals surface area contributed by atoms with Crippen LogP contribution in [0.15, 0.2) is 65.5 Å². The number of nitrogens with zero attached hydrogens (tertiary/aromatic N) is 3. The fraction of sp³-hybridized carbons (Fsp3) is 0. The van der Waals surface area contributed by atoms with Gasteiger partial charge in [0.05, 0.1) is 15.5 Å². The maximum absolute atomic E-state index is 12.4. The molecule has 0 spiro atoms. The number of nitrogens with one attached hydrogen (secondary N) is 3. The second-order valence-corrected chi connectivity index (χ2v) is 8.31. The van der Waals surface area contributed by atoms with Gasteiger partial charge in [-0.15, -0.1) is 0 Å². The lowest BCUT2D eigenvalue weighted by atomic mass is 10.1. The van der Waals surface area contributed by atoms with Crippen LogP contribution in [-0.4, -0.2) is 20.8 Å². The number of benzene rings is 2. The highest BCUT2D eigenvalue weighted by Crippen LogP contribution is 2.26. The maximum atomic E-state index is 12.4. The quantitative estimate of drug-likeness (QED) is 0.254. The second-order valence-electron chi connectivity index (χ2n) is 6.81. The van der Waals surface area contributed by atoms with Crippen molar-refractivity contribution in [1.29, 1.82) is 5.26 Å². The van der Waals surface area contributed by atoms with Crippen molar-refractivity contribution >= 4 is 51.2 Å². The largest absolute Gasteiger partial charge is 0.326 e. The van der Waals surface area contributed by atoms with E-state index in [9.17, 15) is 25.0 Å². The van der Waals surface area contributed by atoms with Crippen LogP contribution in [0, 0.1) is 21.4 Å². The van der Waals surface area contributed by atoms with Gasteiger partial charge >= 0.3 is 5.00 Å². The highest BCUT2D eigenvalue weighted by Gasteiger charge is 2.17. The van der Waals surface area contributed by atoms with E-state index in [-0.39, 0.29) is 27.1 Å². The highest BCUT2D eigenvalue weighted by molar-refractivity contribution is 7.17. The molecule has 0 saturated carbocycles. The number of aromatic amines is 1. The molecule has 3 N–H and O–H groups in total. The van der Waals surface area contributed by atoms with Crippen LogP contribution < -0.4 is 16.2 Å². The van der Waals surface area contributed by atoms with Crippen molar-refractivity contribution in [3.05, 3.63) is 96.6 Å². The number of halogens is 1. The number of rotatable bonds is 6. The fourth-order valence-electron chi connectivity index (χ4n) is 2.97. The standard InChI is InChI=1S/C22H13ClN6O4S/c23-13-3-7-15(8-4-13)26-22-27-19(16(11-24)20(30)28-22)12-1-5-14(6-2-12)25-21(31)17-9-10-18(34-17)29(32)33/h1-10H,(H,25,31)(H2,26,27,28,30). The minimum absolute atomic E-state index is 0.132. The van der Waals surface area contributed by atoms with Crippen LogP contribution in [0.25, 0.3) is 11.3 Å². The highest BCUT2D eigenvalue weighted by atomic mass is 35.5.